The summed E-state index contributed by atoms with van der Waals surface area (Å²) in [5.74, 6) is 1.95. The molecule has 1 N–H and O–H groups in total. The molecule has 0 aliphatic rings. The molecule has 0 saturated heterocycles. The standard InChI is InChI=1S/C23H20N6O3S/c1-15-12-16(2)29(27-15)22-13-23(26-17(3)25-22)32-20-8-6-19(7-9-20)28-33(30,31)21-10-4-18(14-24)5-11-21/h4-13,28H,1-3H3. The van der Waals surface area contributed by atoms with E-state index >= 15 is 0 Å². The number of rotatable bonds is 6. The van der Waals surface area contributed by atoms with E-state index in [9.17, 15) is 8.42 Å². The van der Waals surface area contributed by atoms with E-state index in [1.54, 1.807) is 41.9 Å². The van der Waals surface area contributed by atoms with Crippen molar-refractivity contribution in [3.8, 4) is 23.5 Å². The van der Waals surface area contributed by atoms with Gasteiger partial charge in [0.25, 0.3) is 10.0 Å². The minimum Gasteiger partial charge on any atom is -0.439 e. The predicted molar refractivity (Wildman–Crippen MR) is 122 cm³/mol. The number of aromatic nitrogens is 4. The summed E-state index contributed by atoms with van der Waals surface area (Å²) < 4.78 is 35.2. The molecule has 0 saturated carbocycles. The van der Waals surface area contributed by atoms with Gasteiger partial charge in [-0.05, 0) is 75.4 Å². The van der Waals surface area contributed by atoms with Crippen molar-refractivity contribution < 1.29 is 13.2 Å². The Labute approximate surface area is 191 Å². The average Bonchev–Trinajstić information content (AvgIpc) is 3.12. The molecule has 166 valence electrons. The summed E-state index contributed by atoms with van der Waals surface area (Å²) in [5.41, 5.74) is 2.58. The third-order valence-corrected chi connectivity index (χ3v) is 6.05. The van der Waals surface area contributed by atoms with E-state index in [4.69, 9.17) is 10.00 Å². The number of nitriles is 1. The highest BCUT2D eigenvalue weighted by Gasteiger charge is 2.14. The van der Waals surface area contributed by atoms with E-state index < -0.39 is 10.0 Å². The van der Waals surface area contributed by atoms with Crippen molar-refractivity contribution >= 4 is 15.7 Å². The van der Waals surface area contributed by atoms with Crippen LogP contribution in [0.4, 0.5) is 5.69 Å². The van der Waals surface area contributed by atoms with Gasteiger partial charge in [0.1, 0.15) is 11.6 Å². The van der Waals surface area contributed by atoms with E-state index in [1.165, 1.54) is 24.3 Å². The van der Waals surface area contributed by atoms with Crippen LogP contribution in [0.3, 0.4) is 0 Å². The lowest BCUT2D eigenvalue weighted by molar-refractivity contribution is 0.459. The monoisotopic (exact) mass is 460 g/mol. The van der Waals surface area contributed by atoms with Crippen LogP contribution in [-0.4, -0.2) is 28.2 Å². The zero-order chi connectivity index (χ0) is 23.6. The maximum atomic E-state index is 12.6. The third-order valence-electron chi connectivity index (χ3n) is 4.65. The van der Waals surface area contributed by atoms with Crippen LogP contribution in [0.1, 0.15) is 22.8 Å². The van der Waals surface area contributed by atoms with Gasteiger partial charge in [0, 0.05) is 17.4 Å². The Bertz CT molecular complexity index is 1450. The van der Waals surface area contributed by atoms with Crippen LogP contribution in [0, 0.1) is 32.1 Å². The fraction of sp³-hybridized carbons (Fsp3) is 0.130. The van der Waals surface area contributed by atoms with Crippen LogP contribution in [0.2, 0.25) is 0 Å². The van der Waals surface area contributed by atoms with Gasteiger partial charge in [0.05, 0.1) is 22.2 Å². The van der Waals surface area contributed by atoms with Gasteiger partial charge in [0.15, 0.2) is 5.82 Å². The van der Waals surface area contributed by atoms with Crippen LogP contribution < -0.4 is 9.46 Å². The zero-order valence-electron chi connectivity index (χ0n) is 18.1. The van der Waals surface area contributed by atoms with Gasteiger partial charge in [-0.3, -0.25) is 4.72 Å². The first-order valence-corrected chi connectivity index (χ1v) is 11.4. The molecule has 0 unspecified atom stereocenters. The molecule has 33 heavy (non-hydrogen) atoms. The highest BCUT2D eigenvalue weighted by atomic mass is 32.2. The van der Waals surface area contributed by atoms with Crippen LogP contribution >= 0.6 is 0 Å². The quantitative estimate of drug-likeness (QED) is 0.460. The molecule has 0 atom stereocenters. The maximum Gasteiger partial charge on any atom is 0.261 e. The number of hydrogen-bond acceptors (Lipinski definition) is 7. The van der Waals surface area contributed by atoms with Crippen molar-refractivity contribution in [1.82, 2.24) is 19.7 Å². The number of nitrogens with zero attached hydrogens (tertiary/aromatic N) is 5. The fourth-order valence-corrected chi connectivity index (χ4v) is 4.24. The van der Waals surface area contributed by atoms with Gasteiger partial charge < -0.3 is 4.74 Å². The summed E-state index contributed by atoms with van der Waals surface area (Å²) >= 11 is 0. The second-order valence-electron chi connectivity index (χ2n) is 7.32. The van der Waals surface area contributed by atoms with E-state index in [2.05, 4.69) is 19.8 Å². The first-order chi connectivity index (χ1) is 15.7. The van der Waals surface area contributed by atoms with Crippen molar-refractivity contribution in [2.45, 2.75) is 25.7 Å². The molecular weight excluding hydrogens is 440 g/mol. The van der Waals surface area contributed by atoms with Crippen molar-refractivity contribution in [2.75, 3.05) is 4.72 Å². The van der Waals surface area contributed by atoms with E-state index in [0.29, 0.717) is 34.5 Å². The molecule has 0 fully saturated rings. The molecule has 2 heterocycles. The zero-order valence-corrected chi connectivity index (χ0v) is 19.0. The van der Waals surface area contributed by atoms with E-state index in [-0.39, 0.29) is 4.90 Å². The van der Waals surface area contributed by atoms with Crippen molar-refractivity contribution in [3.63, 3.8) is 0 Å². The Kier molecular flexibility index (Phi) is 5.81. The molecule has 4 aromatic rings. The van der Waals surface area contributed by atoms with Crippen LogP contribution in [0.15, 0.2) is 65.6 Å². The summed E-state index contributed by atoms with van der Waals surface area (Å²) in [6.45, 7) is 5.62. The molecule has 4 rings (SSSR count). The van der Waals surface area contributed by atoms with E-state index in [1.807, 2.05) is 26.0 Å². The van der Waals surface area contributed by atoms with Crippen LogP contribution in [0.25, 0.3) is 5.82 Å². The Hall–Kier alpha value is -4.23. The molecule has 2 aromatic heterocycles. The Morgan fingerprint density at radius 2 is 1.67 bits per heavy atom. The summed E-state index contributed by atoms with van der Waals surface area (Å²) in [5, 5.41) is 13.3. The van der Waals surface area contributed by atoms with Gasteiger partial charge in [0.2, 0.25) is 5.88 Å². The summed E-state index contributed by atoms with van der Waals surface area (Å²) in [6, 6.07) is 17.7. The SMILES string of the molecule is Cc1cc(C)n(-c2cc(Oc3ccc(NS(=O)(=O)c4ccc(C#N)cc4)cc3)nc(C)n2)n1. The molecule has 0 amide bonds. The topological polar surface area (TPSA) is 123 Å². The minimum absolute atomic E-state index is 0.0648. The van der Waals surface area contributed by atoms with Gasteiger partial charge in [-0.25, -0.2) is 18.1 Å². The molecule has 0 spiro atoms. The third kappa shape index (κ3) is 4.99. The first-order valence-electron chi connectivity index (χ1n) is 9.94. The second kappa shape index (κ2) is 8.72. The van der Waals surface area contributed by atoms with Crippen LogP contribution in [0.5, 0.6) is 11.6 Å². The lowest BCUT2D eigenvalue weighted by atomic mass is 10.2. The molecule has 2 aromatic carbocycles. The lowest BCUT2D eigenvalue weighted by Crippen LogP contribution is -2.12. The summed E-state index contributed by atoms with van der Waals surface area (Å²) in [6.07, 6.45) is 0. The molecule has 0 aliphatic heterocycles. The second-order valence-corrected chi connectivity index (χ2v) is 9.00. The number of hydrogen-bond donors (Lipinski definition) is 1. The normalized spacial score (nSPS) is 11.1. The van der Waals surface area contributed by atoms with Gasteiger partial charge >= 0.3 is 0 Å². The Morgan fingerprint density at radius 1 is 0.970 bits per heavy atom. The minimum atomic E-state index is -3.78. The predicted octanol–water partition coefficient (Wildman–Crippen LogP) is 4.05. The summed E-state index contributed by atoms with van der Waals surface area (Å²) in [4.78, 5) is 8.81. The average molecular weight is 461 g/mol. The number of aryl methyl sites for hydroxylation is 3. The fourth-order valence-electron chi connectivity index (χ4n) is 3.18. The highest BCUT2D eigenvalue weighted by Crippen LogP contribution is 2.25. The molecular formula is C23H20N6O3S. The highest BCUT2D eigenvalue weighted by molar-refractivity contribution is 7.92. The van der Waals surface area contributed by atoms with Crippen molar-refractivity contribution in [3.05, 3.63) is 83.4 Å². The molecule has 0 aliphatic carbocycles. The lowest BCUT2D eigenvalue weighted by Gasteiger charge is -2.11. The molecule has 10 heteroatoms. The van der Waals surface area contributed by atoms with Crippen LogP contribution in [-0.2, 0) is 10.0 Å². The van der Waals surface area contributed by atoms with Crippen molar-refractivity contribution in [2.24, 2.45) is 0 Å². The largest absolute Gasteiger partial charge is 0.439 e. The summed E-state index contributed by atoms with van der Waals surface area (Å²) in [7, 11) is -3.78. The Morgan fingerprint density at radius 3 is 2.27 bits per heavy atom. The smallest absolute Gasteiger partial charge is 0.261 e. The molecule has 0 bridgehead atoms. The molecule has 0 radical (unpaired) electrons. The van der Waals surface area contributed by atoms with Crippen molar-refractivity contribution in [1.29, 1.82) is 5.26 Å². The number of anilines is 1. The Balaban J connectivity index is 1.51. The number of ether oxygens (including phenoxy) is 1. The number of sulfonamides is 1. The maximum absolute atomic E-state index is 12.6. The number of nitrogens with one attached hydrogen (secondary N) is 1. The van der Waals surface area contributed by atoms with Gasteiger partial charge in [-0.2, -0.15) is 15.3 Å². The number of benzene rings is 2. The van der Waals surface area contributed by atoms with E-state index in [0.717, 1.165) is 11.4 Å². The van der Waals surface area contributed by atoms with Gasteiger partial charge in [-0.15, -0.1) is 0 Å². The van der Waals surface area contributed by atoms with Gasteiger partial charge in [-0.1, -0.05) is 0 Å². The first kappa shape index (κ1) is 22.0. The molecule has 9 nitrogen and oxygen atoms in total.